The van der Waals surface area contributed by atoms with Crippen LogP contribution in [0, 0.1) is 11.8 Å². The van der Waals surface area contributed by atoms with Crippen LogP contribution in [0.3, 0.4) is 0 Å². The van der Waals surface area contributed by atoms with Crippen LogP contribution >= 0.6 is 23.2 Å². The van der Waals surface area contributed by atoms with Crippen molar-refractivity contribution in [1.82, 2.24) is 9.80 Å². The van der Waals surface area contributed by atoms with E-state index in [0.29, 0.717) is 29.7 Å². The molecule has 2 aliphatic carbocycles. The first-order valence-corrected chi connectivity index (χ1v) is 19.9. The molecule has 2 saturated carbocycles. The van der Waals surface area contributed by atoms with E-state index in [2.05, 4.69) is 10.0 Å². The van der Waals surface area contributed by atoms with E-state index in [9.17, 15) is 18.0 Å². The maximum Gasteiger partial charge on any atom is 1.00 e. The number of halogens is 2. The molecule has 17 heteroatoms. The van der Waals surface area contributed by atoms with Gasteiger partial charge in [-0.3, -0.25) is 18.7 Å². The van der Waals surface area contributed by atoms with Crippen molar-refractivity contribution in [2.24, 2.45) is 17.0 Å². The summed E-state index contributed by atoms with van der Waals surface area (Å²) in [4.78, 5) is 34.7. The number of azide groups is 1. The standard InChI is InChI=1S/C18H24ClNO4S.C17H21ClN4O.CH4.N3.Na/c1-25(22,23)24-13-14-4-2-11-20(12-14)17(21)18(9-3-10-18)15-5-7-16(19)8-6-15;18-15-6-4-14(5-7-15)17(8-2-9-17)16(23)22-10-1-3-13(12-22)11-20-21-19;;1-3-2;/h5-8,14H,2-4,9-13H2,1H3;4-7,13H,1-3,8-12H2;1H4;;/q;;;-1;+1/t14-;13-;;;/m10.../s1. The molecule has 0 bridgehead atoms. The van der Waals surface area contributed by atoms with E-state index in [1.165, 1.54) is 4.91 Å². The Morgan fingerprint density at radius 1 is 0.792 bits per heavy atom. The van der Waals surface area contributed by atoms with E-state index in [4.69, 9.17) is 44.0 Å². The van der Waals surface area contributed by atoms with Crippen LogP contribution in [0.2, 0.25) is 10.0 Å². The minimum Gasteiger partial charge on any atom is -0.373 e. The molecule has 0 N–H and O–H groups in total. The molecule has 2 amide bonds. The van der Waals surface area contributed by atoms with Crippen LogP contribution in [-0.2, 0) is 34.7 Å². The van der Waals surface area contributed by atoms with Crippen LogP contribution in [-0.4, -0.2) is 75.6 Å². The second kappa shape index (κ2) is 21.5. The van der Waals surface area contributed by atoms with Gasteiger partial charge < -0.3 is 20.9 Å². The van der Waals surface area contributed by atoms with Crippen LogP contribution < -0.4 is 29.6 Å². The second-order valence-electron chi connectivity index (χ2n) is 13.9. The number of carbonyl (C=O) groups is 2. The summed E-state index contributed by atoms with van der Waals surface area (Å²) in [5.74, 6) is 0.738. The molecule has 4 aliphatic rings. The van der Waals surface area contributed by atoms with Crippen molar-refractivity contribution >= 4 is 45.1 Å². The average molecular weight is 800 g/mol. The minimum absolute atomic E-state index is 0. The number of likely N-dealkylation sites (tertiary alicyclic amines) is 2. The first kappa shape index (κ1) is 46.6. The SMILES string of the molecule is C.CS(=O)(=O)OC[C@@H]1CCCN(C(=O)C2(c3ccc(Cl)cc3)CCC2)C1.[N-]=[N+]=NC[C@@H]1CCCN(C(=O)C2(c3ccc(Cl)cc3)CCC2)C1.[N-]=[N+]=[N-].[Na+]. The molecule has 0 radical (unpaired) electrons. The maximum atomic E-state index is 13.3. The molecule has 13 nitrogen and oxygen atoms in total. The van der Waals surface area contributed by atoms with Gasteiger partial charge in [0.15, 0.2) is 0 Å². The molecule has 0 spiro atoms. The quantitative estimate of drug-likeness (QED) is 0.102. The minimum atomic E-state index is -3.45. The monoisotopic (exact) mass is 798 g/mol. The molecule has 2 aromatic rings. The molecule has 2 atom stereocenters. The Morgan fingerprint density at radius 2 is 1.19 bits per heavy atom. The van der Waals surface area contributed by atoms with Crippen molar-refractivity contribution in [3.8, 4) is 0 Å². The van der Waals surface area contributed by atoms with E-state index >= 15 is 0 Å². The molecule has 53 heavy (non-hydrogen) atoms. The Labute approximate surface area is 345 Å². The molecule has 2 aliphatic heterocycles. The van der Waals surface area contributed by atoms with E-state index in [1.807, 2.05) is 58.3 Å². The van der Waals surface area contributed by atoms with Crippen LogP contribution in [0.15, 0.2) is 53.6 Å². The van der Waals surface area contributed by atoms with Gasteiger partial charge in [-0.25, -0.2) is 0 Å². The number of rotatable bonds is 9. The molecule has 6 rings (SSSR count). The largest absolute Gasteiger partial charge is 1.00 e. The third kappa shape index (κ3) is 12.2. The summed E-state index contributed by atoms with van der Waals surface area (Å²) in [6.45, 7) is 3.42. The smallest absolute Gasteiger partial charge is 0.373 e. The second-order valence-corrected chi connectivity index (χ2v) is 16.4. The first-order valence-electron chi connectivity index (χ1n) is 17.3. The first-order chi connectivity index (χ1) is 24.4. The van der Waals surface area contributed by atoms with Gasteiger partial charge in [-0.2, -0.15) is 8.42 Å². The fraction of sp³-hybridized carbons (Fsp3) is 0.611. The van der Waals surface area contributed by atoms with Crippen molar-refractivity contribution in [3.05, 3.63) is 96.1 Å². The van der Waals surface area contributed by atoms with Gasteiger partial charge in [0.05, 0.1) is 23.7 Å². The molecule has 2 saturated heterocycles. The molecular weight excluding hydrogens is 750 g/mol. The zero-order valence-electron chi connectivity index (χ0n) is 29.9. The predicted molar refractivity (Wildman–Crippen MR) is 204 cm³/mol. The summed E-state index contributed by atoms with van der Waals surface area (Å²) >= 11 is 12.0. The Kier molecular flexibility index (Phi) is 19.0. The van der Waals surface area contributed by atoms with Crippen LogP contribution in [0.25, 0.3) is 26.4 Å². The van der Waals surface area contributed by atoms with Gasteiger partial charge in [0, 0.05) is 53.6 Å². The molecule has 2 aromatic carbocycles. The van der Waals surface area contributed by atoms with Gasteiger partial charge in [0.25, 0.3) is 10.1 Å². The molecule has 284 valence electrons. The van der Waals surface area contributed by atoms with E-state index in [-0.39, 0.29) is 72.7 Å². The number of hydrogen-bond acceptors (Lipinski definition) is 6. The summed E-state index contributed by atoms with van der Waals surface area (Å²) in [6, 6.07) is 15.3. The van der Waals surface area contributed by atoms with Crippen molar-refractivity contribution in [2.75, 3.05) is 45.6 Å². The average Bonchev–Trinajstić information content (AvgIpc) is 3.07. The van der Waals surface area contributed by atoms with Gasteiger partial charge in [0.2, 0.25) is 11.8 Å². The Hall–Kier alpha value is -2.51. The van der Waals surface area contributed by atoms with Gasteiger partial charge >= 0.3 is 29.6 Å². The predicted octanol–water partition coefficient (Wildman–Crippen LogP) is 5.79. The van der Waals surface area contributed by atoms with Gasteiger partial charge in [-0.1, -0.05) is 72.8 Å². The molecule has 0 aromatic heterocycles. The fourth-order valence-electron chi connectivity index (χ4n) is 7.61. The number of nitrogens with zero attached hydrogens (tertiary/aromatic N) is 8. The number of amides is 2. The summed E-state index contributed by atoms with van der Waals surface area (Å²) < 4.78 is 27.3. The third-order valence-corrected chi connectivity index (χ3v) is 11.6. The molecule has 2 heterocycles. The van der Waals surface area contributed by atoms with E-state index in [1.54, 1.807) is 0 Å². The molecular formula is C36H49Cl2N8NaO5S. The summed E-state index contributed by atoms with van der Waals surface area (Å²) in [7, 11) is -3.45. The number of carbonyl (C=O) groups excluding carboxylic acids is 2. The Balaban J connectivity index is 0.000000331. The molecule has 0 unspecified atom stereocenters. The zero-order chi connectivity index (χ0) is 37.1. The van der Waals surface area contributed by atoms with E-state index in [0.717, 1.165) is 94.7 Å². The van der Waals surface area contributed by atoms with Crippen molar-refractivity contribution in [2.45, 2.75) is 82.5 Å². The van der Waals surface area contributed by atoms with Crippen LogP contribution in [0.4, 0.5) is 0 Å². The van der Waals surface area contributed by atoms with Crippen molar-refractivity contribution in [1.29, 1.82) is 0 Å². The molecule has 4 fully saturated rings. The van der Waals surface area contributed by atoms with Gasteiger partial charge in [-0.05, 0) is 98.2 Å². The Morgan fingerprint density at radius 3 is 1.55 bits per heavy atom. The van der Waals surface area contributed by atoms with Gasteiger partial charge in [-0.15, -0.1) is 0 Å². The zero-order valence-corrected chi connectivity index (χ0v) is 34.2. The number of hydrogen-bond donors (Lipinski definition) is 0. The summed E-state index contributed by atoms with van der Waals surface area (Å²) in [6.07, 6.45) is 10.5. The maximum absolute atomic E-state index is 13.3. The van der Waals surface area contributed by atoms with Gasteiger partial charge in [0.1, 0.15) is 0 Å². The van der Waals surface area contributed by atoms with E-state index < -0.39 is 15.5 Å². The topological polar surface area (TPSA) is 191 Å². The van der Waals surface area contributed by atoms with Crippen molar-refractivity contribution in [3.63, 3.8) is 0 Å². The number of piperidine rings is 2. The van der Waals surface area contributed by atoms with Crippen molar-refractivity contribution < 1.29 is 51.7 Å². The van der Waals surface area contributed by atoms with Crippen LogP contribution in [0.1, 0.15) is 82.8 Å². The number of benzene rings is 2. The summed E-state index contributed by atoms with van der Waals surface area (Å²) in [5.41, 5.74) is 23.3. The third-order valence-electron chi connectivity index (χ3n) is 10.6. The normalized spacial score (nSPS) is 21.0. The fourth-order valence-corrected chi connectivity index (χ4v) is 8.30. The Bertz CT molecular complexity index is 1700. The van der Waals surface area contributed by atoms with Crippen LogP contribution in [0.5, 0.6) is 0 Å². The summed E-state index contributed by atoms with van der Waals surface area (Å²) in [5, 5.41) is 5.05.